The fourth-order valence-electron chi connectivity index (χ4n) is 3.99. The van der Waals surface area contributed by atoms with Crippen LogP contribution in [0.15, 0.2) is 48.5 Å². The van der Waals surface area contributed by atoms with Crippen LogP contribution in [0.2, 0.25) is 0 Å². The van der Waals surface area contributed by atoms with Crippen LogP contribution in [0.3, 0.4) is 0 Å². The molecule has 3 rings (SSSR count). The van der Waals surface area contributed by atoms with Crippen molar-refractivity contribution in [2.24, 2.45) is 0 Å². The first-order valence-corrected chi connectivity index (χ1v) is 12.1. The molecule has 8 heteroatoms. The molecule has 1 aliphatic rings. The Bertz CT molecular complexity index is 1060. The van der Waals surface area contributed by atoms with Crippen LogP contribution in [0.4, 0.5) is 4.39 Å². The summed E-state index contributed by atoms with van der Waals surface area (Å²) in [5.74, 6) is -0.492. The second-order valence-corrected chi connectivity index (χ2v) is 10.3. The molecule has 2 aromatic carbocycles. The lowest BCUT2D eigenvalue weighted by Crippen LogP contribution is -2.53. The maximum absolute atomic E-state index is 13.7. The zero-order chi connectivity index (χ0) is 22.8. The van der Waals surface area contributed by atoms with Crippen molar-refractivity contribution in [1.82, 2.24) is 9.62 Å². The van der Waals surface area contributed by atoms with Gasteiger partial charge in [-0.1, -0.05) is 36.4 Å². The van der Waals surface area contributed by atoms with Gasteiger partial charge in [0, 0.05) is 19.7 Å². The molecule has 1 heterocycles. The fourth-order valence-corrected chi connectivity index (χ4v) is 4.82. The van der Waals surface area contributed by atoms with Crippen molar-refractivity contribution in [3.05, 3.63) is 59.9 Å². The maximum atomic E-state index is 13.7. The third-order valence-electron chi connectivity index (χ3n) is 5.73. The van der Waals surface area contributed by atoms with E-state index >= 15 is 0 Å². The van der Waals surface area contributed by atoms with E-state index in [2.05, 4.69) is 4.72 Å². The van der Waals surface area contributed by atoms with E-state index in [1.54, 1.807) is 24.8 Å². The number of ether oxygens (including phenoxy) is 1. The quantitative estimate of drug-likeness (QED) is 0.707. The predicted molar refractivity (Wildman–Crippen MR) is 119 cm³/mol. The highest BCUT2D eigenvalue weighted by Gasteiger charge is 2.43. The Morgan fingerprint density at radius 1 is 1.19 bits per heavy atom. The van der Waals surface area contributed by atoms with Gasteiger partial charge in [-0.2, -0.15) is 0 Å². The van der Waals surface area contributed by atoms with Gasteiger partial charge in [0.2, 0.25) is 10.0 Å². The van der Waals surface area contributed by atoms with Gasteiger partial charge in [-0.15, -0.1) is 0 Å². The summed E-state index contributed by atoms with van der Waals surface area (Å²) in [7, 11) is -1.96. The first-order valence-electron chi connectivity index (χ1n) is 10.2. The number of hydrogen-bond acceptors (Lipinski definition) is 4. The monoisotopic (exact) mass is 448 g/mol. The second kappa shape index (κ2) is 9.06. The summed E-state index contributed by atoms with van der Waals surface area (Å²) in [6.07, 6.45) is 2.10. The Balaban J connectivity index is 1.92. The Morgan fingerprint density at radius 2 is 1.84 bits per heavy atom. The molecule has 0 spiro atoms. The number of halogens is 1. The maximum Gasteiger partial charge on any atom is 0.254 e. The molecule has 1 N–H and O–H groups in total. The number of benzene rings is 2. The van der Waals surface area contributed by atoms with Crippen molar-refractivity contribution >= 4 is 15.9 Å². The lowest BCUT2D eigenvalue weighted by molar-refractivity contribution is -0.152. The minimum Gasteiger partial charge on any atom is -0.369 e. The number of sulfonamides is 1. The fraction of sp³-hybridized carbons (Fsp3) is 0.435. The molecule has 0 aromatic heterocycles. The van der Waals surface area contributed by atoms with Gasteiger partial charge in [-0.3, -0.25) is 4.79 Å². The van der Waals surface area contributed by atoms with Gasteiger partial charge in [0.05, 0.1) is 12.3 Å². The number of amides is 1. The third kappa shape index (κ3) is 5.70. The number of nitrogens with one attached hydrogen (secondary N) is 1. The van der Waals surface area contributed by atoms with Gasteiger partial charge in [-0.05, 0) is 55.5 Å². The highest BCUT2D eigenvalue weighted by Crippen LogP contribution is 2.28. The molecule has 6 nitrogen and oxygen atoms in total. The minimum absolute atomic E-state index is 0.181. The molecule has 0 radical (unpaired) electrons. The van der Waals surface area contributed by atoms with Crippen LogP contribution in [0.5, 0.6) is 0 Å². The average Bonchev–Trinajstić information content (AvgIpc) is 3.08. The lowest BCUT2D eigenvalue weighted by Gasteiger charge is -2.34. The van der Waals surface area contributed by atoms with Gasteiger partial charge >= 0.3 is 0 Å². The van der Waals surface area contributed by atoms with Crippen LogP contribution in [-0.2, 0) is 26.0 Å². The summed E-state index contributed by atoms with van der Waals surface area (Å²) in [5.41, 5.74) is 1.54. The predicted octanol–water partition coefficient (Wildman–Crippen LogP) is 2.98. The van der Waals surface area contributed by atoms with Crippen molar-refractivity contribution in [2.45, 2.75) is 44.4 Å². The Hall–Kier alpha value is -2.29. The number of carbonyl (C=O) groups is 1. The van der Waals surface area contributed by atoms with Crippen molar-refractivity contribution in [1.29, 1.82) is 0 Å². The number of methoxy groups -OCH3 is 1. The normalized spacial score (nSPS) is 19.6. The Kier molecular flexibility index (Phi) is 6.83. The van der Waals surface area contributed by atoms with Crippen molar-refractivity contribution in [3.63, 3.8) is 0 Å². The molecule has 0 saturated carbocycles. The lowest BCUT2D eigenvalue weighted by atomic mass is 9.96. The molecule has 2 atom stereocenters. The summed E-state index contributed by atoms with van der Waals surface area (Å²) >= 11 is 0. The summed E-state index contributed by atoms with van der Waals surface area (Å²) in [6, 6.07) is 13.3. The van der Waals surface area contributed by atoms with Gasteiger partial charge in [-0.25, -0.2) is 17.5 Å². The van der Waals surface area contributed by atoms with Crippen LogP contribution in [0.25, 0.3) is 11.1 Å². The van der Waals surface area contributed by atoms with E-state index in [1.807, 2.05) is 30.3 Å². The number of hydrogen-bond donors (Lipinski definition) is 1. The molecule has 1 aliphatic heterocycles. The molecule has 0 aliphatic carbocycles. The minimum atomic E-state index is -3.44. The summed E-state index contributed by atoms with van der Waals surface area (Å²) in [4.78, 5) is 14.8. The Labute approximate surface area is 183 Å². The van der Waals surface area contributed by atoms with Gasteiger partial charge < -0.3 is 9.64 Å². The van der Waals surface area contributed by atoms with Gasteiger partial charge in [0.1, 0.15) is 11.4 Å². The molecular weight excluding hydrogens is 419 g/mol. The molecule has 0 unspecified atom stereocenters. The largest absolute Gasteiger partial charge is 0.369 e. The second-order valence-electron chi connectivity index (χ2n) is 8.48. The SMILES string of the molecule is COC(C)(C)C(=O)N1CC[C@H](NS(C)(=O)=O)[C@@H]1Cc1cccc(-c2cccc(F)c2)c1. The van der Waals surface area contributed by atoms with Crippen LogP contribution in [0, 0.1) is 5.82 Å². The number of nitrogens with zero attached hydrogens (tertiary/aromatic N) is 1. The zero-order valence-electron chi connectivity index (χ0n) is 18.3. The average molecular weight is 449 g/mol. The Morgan fingerprint density at radius 3 is 2.45 bits per heavy atom. The van der Waals surface area contributed by atoms with Crippen molar-refractivity contribution in [2.75, 3.05) is 19.9 Å². The van der Waals surface area contributed by atoms with Crippen LogP contribution in [0.1, 0.15) is 25.8 Å². The van der Waals surface area contributed by atoms with E-state index < -0.39 is 21.7 Å². The summed E-state index contributed by atoms with van der Waals surface area (Å²) in [6.45, 7) is 3.84. The van der Waals surface area contributed by atoms with Gasteiger partial charge in [0.25, 0.3) is 5.91 Å². The number of rotatable bonds is 7. The standard InChI is InChI=1S/C23H29FN2O4S/c1-23(2,30-3)22(27)26-12-11-20(25-31(4,28)29)21(26)14-16-7-5-8-17(13-16)18-9-6-10-19(24)15-18/h5-10,13,15,20-21,25H,11-12,14H2,1-4H3/t20-,21-/m0/s1. The van der Waals surface area contributed by atoms with Crippen LogP contribution >= 0.6 is 0 Å². The molecule has 1 amide bonds. The van der Waals surface area contributed by atoms with Gasteiger partial charge in [0.15, 0.2) is 0 Å². The summed E-state index contributed by atoms with van der Waals surface area (Å²) in [5, 5.41) is 0. The molecule has 168 valence electrons. The first kappa shape index (κ1) is 23.4. The van der Waals surface area contributed by atoms with E-state index in [9.17, 15) is 17.6 Å². The third-order valence-corrected chi connectivity index (χ3v) is 6.46. The van der Waals surface area contributed by atoms with E-state index in [-0.39, 0.29) is 17.8 Å². The molecule has 1 saturated heterocycles. The zero-order valence-corrected chi connectivity index (χ0v) is 19.1. The smallest absolute Gasteiger partial charge is 0.254 e. The van der Waals surface area contributed by atoms with E-state index in [0.717, 1.165) is 22.9 Å². The van der Waals surface area contributed by atoms with Crippen molar-refractivity contribution < 1.29 is 22.3 Å². The summed E-state index contributed by atoms with van der Waals surface area (Å²) < 4.78 is 45.5. The van der Waals surface area contributed by atoms with E-state index in [4.69, 9.17) is 4.74 Å². The highest BCUT2D eigenvalue weighted by atomic mass is 32.2. The molecule has 2 aromatic rings. The number of carbonyl (C=O) groups excluding carboxylic acids is 1. The highest BCUT2D eigenvalue weighted by molar-refractivity contribution is 7.88. The topological polar surface area (TPSA) is 75.7 Å². The molecule has 0 bridgehead atoms. The van der Waals surface area contributed by atoms with Crippen molar-refractivity contribution in [3.8, 4) is 11.1 Å². The van der Waals surface area contributed by atoms with E-state index in [0.29, 0.717) is 19.4 Å². The van der Waals surface area contributed by atoms with Crippen LogP contribution in [-0.4, -0.2) is 56.8 Å². The van der Waals surface area contributed by atoms with Crippen LogP contribution < -0.4 is 4.72 Å². The molecule has 31 heavy (non-hydrogen) atoms. The first-order chi connectivity index (χ1) is 14.5. The molecule has 1 fully saturated rings. The molecular formula is C23H29FN2O4S. The number of likely N-dealkylation sites (tertiary alicyclic amines) is 1. The van der Waals surface area contributed by atoms with E-state index in [1.165, 1.54) is 19.2 Å².